The van der Waals surface area contributed by atoms with Crippen LogP contribution in [0.1, 0.15) is 19.8 Å². The summed E-state index contributed by atoms with van der Waals surface area (Å²) in [7, 11) is 0. The van der Waals surface area contributed by atoms with Crippen molar-refractivity contribution in [1.82, 2.24) is 9.88 Å². The fraction of sp³-hybridized carbons (Fsp3) is 0.467. The van der Waals surface area contributed by atoms with Gasteiger partial charge in [0.2, 0.25) is 0 Å². The largest absolute Gasteiger partial charge is 0.480 e. The molecular weight excluding hydrogens is 289 g/mol. The molecule has 0 bridgehead atoms. The molecule has 0 amide bonds. The average molecular weight is 307 g/mol. The number of carbonyl (C=O) groups is 1. The molecule has 7 heteroatoms. The summed E-state index contributed by atoms with van der Waals surface area (Å²) in [5.74, 6) is -1.15. The van der Waals surface area contributed by atoms with Crippen molar-refractivity contribution in [3.05, 3.63) is 24.0 Å². The van der Waals surface area contributed by atoms with Gasteiger partial charge in [-0.3, -0.25) is 9.69 Å². The molecular formula is C15H18FN3O3. The highest BCUT2D eigenvalue weighted by molar-refractivity contribution is 5.74. The molecule has 6 nitrogen and oxygen atoms in total. The number of likely N-dealkylation sites (N-methyl/N-ethyl adjacent to an activating group) is 1. The number of carboxylic acid groups (broad SMARTS) is 1. The van der Waals surface area contributed by atoms with E-state index in [9.17, 15) is 9.18 Å². The summed E-state index contributed by atoms with van der Waals surface area (Å²) in [6.07, 6.45) is 1.68. The van der Waals surface area contributed by atoms with E-state index in [1.54, 1.807) is 6.07 Å². The molecule has 0 atom stereocenters. The number of nitrogens with zero attached hydrogens (tertiary/aromatic N) is 2. The van der Waals surface area contributed by atoms with Gasteiger partial charge >= 0.3 is 5.97 Å². The maximum absolute atomic E-state index is 13.1. The Bertz CT molecular complexity index is 682. The zero-order valence-corrected chi connectivity index (χ0v) is 12.3. The number of rotatable bonds is 6. The fourth-order valence-electron chi connectivity index (χ4n) is 2.81. The molecule has 1 saturated carbocycles. The van der Waals surface area contributed by atoms with Crippen molar-refractivity contribution in [2.45, 2.75) is 31.8 Å². The van der Waals surface area contributed by atoms with Crippen LogP contribution in [-0.4, -0.2) is 46.1 Å². The van der Waals surface area contributed by atoms with Crippen LogP contribution in [-0.2, 0) is 4.79 Å². The lowest BCUT2D eigenvalue weighted by Crippen LogP contribution is -2.51. The maximum Gasteiger partial charge on any atom is 0.317 e. The molecule has 1 aliphatic rings. The zero-order valence-electron chi connectivity index (χ0n) is 12.3. The normalized spacial score (nSPS) is 21.0. The average Bonchev–Trinajstić information content (AvgIpc) is 2.81. The van der Waals surface area contributed by atoms with E-state index in [0.717, 1.165) is 12.8 Å². The Morgan fingerprint density at radius 2 is 2.32 bits per heavy atom. The van der Waals surface area contributed by atoms with Gasteiger partial charge in [-0.2, -0.15) is 4.98 Å². The van der Waals surface area contributed by atoms with Crippen LogP contribution in [0, 0.1) is 5.82 Å². The van der Waals surface area contributed by atoms with E-state index in [1.807, 2.05) is 11.8 Å². The van der Waals surface area contributed by atoms with Gasteiger partial charge in [-0.15, -0.1) is 0 Å². The fourth-order valence-corrected chi connectivity index (χ4v) is 2.81. The predicted octanol–water partition coefficient (Wildman–Crippen LogP) is 2.32. The first-order valence-corrected chi connectivity index (χ1v) is 7.33. The summed E-state index contributed by atoms with van der Waals surface area (Å²) in [5, 5.41) is 12.0. The second-order valence-electron chi connectivity index (χ2n) is 5.55. The topological polar surface area (TPSA) is 78.6 Å². The van der Waals surface area contributed by atoms with E-state index in [4.69, 9.17) is 9.52 Å². The molecule has 2 N–H and O–H groups in total. The lowest BCUT2D eigenvalue weighted by molar-refractivity contribution is -0.139. The molecule has 118 valence electrons. The van der Waals surface area contributed by atoms with Crippen LogP contribution in [0.2, 0.25) is 0 Å². The van der Waals surface area contributed by atoms with Gasteiger partial charge in [0.1, 0.15) is 11.3 Å². The number of nitrogens with one attached hydrogen (secondary N) is 1. The molecule has 0 unspecified atom stereocenters. The molecule has 0 aliphatic heterocycles. The Kier molecular flexibility index (Phi) is 3.98. The third-order valence-corrected chi connectivity index (χ3v) is 4.05. The van der Waals surface area contributed by atoms with E-state index in [-0.39, 0.29) is 24.4 Å². The number of anilines is 1. The second-order valence-corrected chi connectivity index (χ2v) is 5.55. The van der Waals surface area contributed by atoms with E-state index in [0.29, 0.717) is 23.7 Å². The van der Waals surface area contributed by atoms with Crippen LogP contribution < -0.4 is 5.32 Å². The summed E-state index contributed by atoms with van der Waals surface area (Å²) in [6.45, 7) is 2.74. The highest BCUT2D eigenvalue weighted by Crippen LogP contribution is 2.29. The lowest BCUT2D eigenvalue weighted by atomic mass is 9.85. The van der Waals surface area contributed by atoms with Crippen molar-refractivity contribution in [2.75, 3.05) is 18.4 Å². The standard InChI is InChI=1S/C15H18FN3O3/c1-2-19(8-14(20)21)11-6-10(7-11)17-15-18-12-5-9(16)3-4-13(12)22-15/h3-5,10-11H,2,6-8H2,1H3,(H,17,18)(H,20,21). The van der Waals surface area contributed by atoms with E-state index < -0.39 is 5.97 Å². The van der Waals surface area contributed by atoms with Crippen molar-refractivity contribution < 1.29 is 18.7 Å². The maximum atomic E-state index is 13.1. The Labute approximate surface area is 126 Å². The molecule has 1 aliphatic carbocycles. The quantitative estimate of drug-likeness (QED) is 0.852. The minimum absolute atomic E-state index is 0.0655. The molecule has 1 aromatic heterocycles. The van der Waals surface area contributed by atoms with Crippen LogP contribution in [0.3, 0.4) is 0 Å². The van der Waals surface area contributed by atoms with Crippen molar-refractivity contribution in [3.8, 4) is 0 Å². The van der Waals surface area contributed by atoms with Gasteiger partial charge in [0.05, 0.1) is 6.54 Å². The van der Waals surface area contributed by atoms with Crippen molar-refractivity contribution in [2.24, 2.45) is 0 Å². The van der Waals surface area contributed by atoms with Crippen molar-refractivity contribution >= 4 is 23.1 Å². The predicted molar refractivity (Wildman–Crippen MR) is 79.3 cm³/mol. The van der Waals surface area contributed by atoms with Gasteiger partial charge in [-0.05, 0) is 31.5 Å². The number of aliphatic carboxylic acids is 1. The first-order chi connectivity index (χ1) is 10.5. The van der Waals surface area contributed by atoms with Gasteiger partial charge < -0.3 is 14.8 Å². The zero-order chi connectivity index (χ0) is 15.7. The molecule has 2 aromatic rings. The lowest BCUT2D eigenvalue weighted by Gasteiger charge is -2.41. The number of halogens is 1. The number of carboxylic acids is 1. The number of oxazole rings is 1. The number of aromatic nitrogens is 1. The number of fused-ring (bicyclic) bond motifs is 1. The van der Waals surface area contributed by atoms with Gasteiger partial charge in [-0.25, -0.2) is 4.39 Å². The van der Waals surface area contributed by atoms with E-state index >= 15 is 0 Å². The summed E-state index contributed by atoms with van der Waals surface area (Å²) in [4.78, 5) is 17.0. The van der Waals surface area contributed by atoms with Crippen molar-refractivity contribution in [3.63, 3.8) is 0 Å². The molecule has 0 spiro atoms. The van der Waals surface area contributed by atoms with Crippen molar-refractivity contribution in [1.29, 1.82) is 0 Å². The van der Waals surface area contributed by atoms with Crippen LogP contribution >= 0.6 is 0 Å². The van der Waals surface area contributed by atoms with Crippen LogP contribution in [0.5, 0.6) is 0 Å². The summed E-state index contributed by atoms with van der Waals surface area (Å²) >= 11 is 0. The summed E-state index contributed by atoms with van der Waals surface area (Å²) < 4.78 is 18.6. The molecule has 1 aromatic carbocycles. The van der Waals surface area contributed by atoms with Gasteiger partial charge in [0, 0.05) is 18.2 Å². The Morgan fingerprint density at radius 3 is 3.00 bits per heavy atom. The molecule has 1 fully saturated rings. The minimum atomic E-state index is -0.806. The van der Waals surface area contributed by atoms with Crippen LogP contribution in [0.4, 0.5) is 10.4 Å². The van der Waals surface area contributed by atoms with Gasteiger partial charge in [-0.1, -0.05) is 6.92 Å². The third kappa shape index (κ3) is 3.04. The minimum Gasteiger partial charge on any atom is -0.480 e. The highest BCUT2D eigenvalue weighted by Gasteiger charge is 2.34. The van der Waals surface area contributed by atoms with E-state index in [2.05, 4.69) is 10.3 Å². The smallest absolute Gasteiger partial charge is 0.317 e. The van der Waals surface area contributed by atoms with Gasteiger partial charge in [0.25, 0.3) is 6.01 Å². The molecule has 0 radical (unpaired) electrons. The Hall–Kier alpha value is -2.15. The molecule has 3 rings (SSSR count). The first-order valence-electron chi connectivity index (χ1n) is 7.33. The number of hydrogen-bond acceptors (Lipinski definition) is 5. The molecule has 0 saturated heterocycles. The monoisotopic (exact) mass is 307 g/mol. The third-order valence-electron chi connectivity index (χ3n) is 4.05. The Balaban J connectivity index is 1.57. The SMILES string of the molecule is CCN(CC(=O)O)C1CC(Nc2nc3cc(F)ccc3o2)C1. The van der Waals surface area contributed by atoms with Crippen LogP contribution in [0.25, 0.3) is 11.1 Å². The number of benzene rings is 1. The summed E-state index contributed by atoms with van der Waals surface area (Å²) in [6, 6.07) is 5.07. The summed E-state index contributed by atoms with van der Waals surface area (Å²) in [5.41, 5.74) is 1.03. The Morgan fingerprint density at radius 1 is 1.55 bits per heavy atom. The molecule has 22 heavy (non-hydrogen) atoms. The first kappa shape index (κ1) is 14.8. The van der Waals surface area contributed by atoms with E-state index in [1.165, 1.54) is 12.1 Å². The highest BCUT2D eigenvalue weighted by atomic mass is 19.1. The second kappa shape index (κ2) is 5.92. The number of hydrogen-bond donors (Lipinski definition) is 2. The molecule has 1 heterocycles. The van der Waals surface area contributed by atoms with Crippen LogP contribution in [0.15, 0.2) is 22.6 Å². The van der Waals surface area contributed by atoms with Gasteiger partial charge in [0.15, 0.2) is 5.58 Å².